The van der Waals surface area contributed by atoms with E-state index in [1.807, 2.05) is 27.9 Å². The summed E-state index contributed by atoms with van der Waals surface area (Å²) in [7, 11) is 3.31. The van der Waals surface area contributed by atoms with Crippen molar-refractivity contribution < 1.29 is 14.3 Å². The fraction of sp³-hybridized carbons (Fsp3) is 0.524. The lowest BCUT2D eigenvalue weighted by atomic mass is 9.98. The standard InChI is InChI=1S/C21H28N4O3/c1-27-19-11-16-6-10-23(13-17(16)12-20(19)28-2)15-21(26)24-8-3-5-18(14-24)25-9-4-7-22-25/h4,7,9,11-12,18H,3,5-6,8,10,13-15H2,1-2H3. The molecule has 0 bridgehead atoms. The van der Waals surface area contributed by atoms with Crippen LogP contribution >= 0.6 is 0 Å². The molecule has 2 aliphatic rings. The van der Waals surface area contributed by atoms with Gasteiger partial charge in [-0.25, -0.2) is 0 Å². The van der Waals surface area contributed by atoms with Gasteiger partial charge in [-0.3, -0.25) is 14.4 Å². The minimum atomic E-state index is 0.209. The molecule has 1 saturated heterocycles. The molecule has 3 heterocycles. The highest BCUT2D eigenvalue weighted by Gasteiger charge is 2.27. The van der Waals surface area contributed by atoms with Crippen LogP contribution in [0.3, 0.4) is 0 Å². The van der Waals surface area contributed by atoms with Crippen LogP contribution in [-0.4, -0.2) is 65.9 Å². The zero-order chi connectivity index (χ0) is 19.5. The van der Waals surface area contributed by atoms with Gasteiger partial charge in [-0.15, -0.1) is 0 Å². The van der Waals surface area contributed by atoms with Crippen molar-refractivity contribution in [2.75, 3.05) is 40.4 Å². The molecule has 1 unspecified atom stereocenters. The molecule has 2 aromatic rings. The van der Waals surface area contributed by atoms with E-state index in [2.05, 4.69) is 16.1 Å². The predicted molar refractivity (Wildman–Crippen MR) is 106 cm³/mol. The first-order valence-corrected chi connectivity index (χ1v) is 9.91. The molecule has 0 aliphatic carbocycles. The molecule has 1 aromatic heterocycles. The quantitative estimate of drug-likeness (QED) is 0.790. The molecule has 7 heteroatoms. The maximum atomic E-state index is 12.9. The zero-order valence-corrected chi connectivity index (χ0v) is 16.6. The number of hydrogen-bond donors (Lipinski definition) is 0. The number of likely N-dealkylation sites (tertiary alicyclic amines) is 1. The van der Waals surface area contributed by atoms with Crippen molar-refractivity contribution in [2.45, 2.75) is 31.8 Å². The largest absolute Gasteiger partial charge is 0.493 e. The summed E-state index contributed by atoms with van der Waals surface area (Å²) in [6.07, 6.45) is 6.80. The van der Waals surface area contributed by atoms with Gasteiger partial charge in [0, 0.05) is 38.6 Å². The van der Waals surface area contributed by atoms with Gasteiger partial charge in [0.25, 0.3) is 0 Å². The molecule has 0 N–H and O–H groups in total. The van der Waals surface area contributed by atoms with Gasteiger partial charge < -0.3 is 14.4 Å². The van der Waals surface area contributed by atoms with Crippen molar-refractivity contribution in [3.8, 4) is 11.5 Å². The Morgan fingerprint density at radius 3 is 2.68 bits per heavy atom. The number of amides is 1. The number of methoxy groups -OCH3 is 2. The van der Waals surface area contributed by atoms with E-state index in [0.717, 1.165) is 56.9 Å². The van der Waals surface area contributed by atoms with Crippen LogP contribution in [0.2, 0.25) is 0 Å². The van der Waals surface area contributed by atoms with E-state index in [-0.39, 0.29) is 11.9 Å². The van der Waals surface area contributed by atoms with Gasteiger partial charge in [0.1, 0.15) is 0 Å². The first-order chi connectivity index (χ1) is 13.7. The van der Waals surface area contributed by atoms with Crippen LogP contribution in [0.5, 0.6) is 11.5 Å². The number of fused-ring (bicyclic) bond motifs is 1. The number of hydrogen-bond acceptors (Lipinski definition) is 5. The Morgan fingerprint density at radius 1 is 1.18 bits per heavy atom. The molecule has 0 saturated carbocycles. The monoisotopic (exact) mass is 384 g/mol. The number of nitrogens with zero attached hydrogens (tertiary/aromatic N) is 4. The molecule has 0 spiro atoms. The fourth-order valence-corrected chi connectivity index (χ4v) is 4.26. The lowest BCUT2D eigenvalue weighted by Crippen LogP contribution is -2.46. The Labute approximate surface area is 165 Å². The van der Waals surface area contributed by atoms with Gasteiger partial charge in [0.15, 0.2) is 11.5 Å². The molecule has 1 fully saturated rings. The summed E-state index contributed by atoms with van der Waals surface area (Å²) in [5.74, 6) is 1.72. The highest BCUT2D eigenvalue weighted by atomic mass is 16.5. The topological polar surface area (TPSA) is 59.8 Å². The van der Waals surface area contributed by atoms with E-state index in [0.29, 0.717) is 6.54 Å². The molecule has 2 aliphatic heterocycles. The molecule has 150 valence electrons. The molecule has 1 atom stereocenters. The average molecular weight is 384 g/mol. The van der Waals surface area contributed by atoms with Crippen LogP contribution in [0.25, 0.3) is 0 Å². The van der Waals surface area contributed by atoms with E-state index in [4.69, 9.17) is 9.47 Å². The number of rotatable bonds is 5. The second-order valence-corrected chi connectivity index (χ2v) is 7.56. The number of benzene rings is 1. The maximum absolute atomic E-state index is 12.9. The predicted octanol–water partition coefficient (Wildman–Crippen LogP) is 2.12. The van der Waals surface area contributed by atoms with Crippen LogP contribution in [0, 0.1) is 0 Å². The van der Waals surface area contributed by atoms with Crippen LogP contribution < -0.4 is 9.47 Å². The van der Waals surface area contributed by atoms with Gasteiger partial charge in [-0.05, 0) is 48.6 Å². The van der Waals surface area contributed by atoms with Gasteiger partial charge in [-0.2, -0.15) is 5.10 Å². The van der Waals surface area contributed by atoms with Crippen LogP contribution in [0.4, 0.5) is 0 Å². The Balaban J connectivity index is 1.39. The normalized spacial score (nSPS) is 19.9. The van der Waals surface area contributed by atoms with E-state index < -0.39 is 0 Å². The van der Waals surface area contributed by atoms with Crippen molar-refractivity contribution in [3.63, 3.8) is 0 Å². The number of ether oxygens (including phenoxy) is 2. The van der Waals surface area contributed by atoms with Crippen LogP contribution in [0.1, 0.15) is 30.0 Å². The Morgan fingerprint density at radius 2 is 1.96 bits per heavy atom. The van der Waals surface area contributed by atoms with Crippen molar-refractivity contribution in [2.24, 2.45) is 0 Å². The Hall–Kier alpha value is -2.54. The third-order valence-corrected chi connectivity index (χ3v) is 5.80. The lowest BCUT2D eigenvalue weighted by molar-refractivity contribution is -0.134. The number of carbonyl (C=O) groups excluding carboxylic acids is 1. The molecule has 1 aromatic carbocycles. The first kappa shape index (κ1) is 18.8. The molecular weight excluding hydrogens is 356 g/mol. The van der Waals surface area contributed by atoms with Crippen molar-refractivity contribution in [1.82, 2.24) is 19.6 Å². The second kappa shape index (κ2) is 8.22. The van der Waals surface area contributed by atoms with Gasteiger partial charge >= 0.3 is 0 Å². The molecule has 4 rings (SSSR count). The summed E-state index contributed by atoms with van der Waals surface area (Å²) in [4.78, 5) is 17.2. The van der Waals surface area contributed by atoms with Crippen molar-refractivity contribution in [3.05, 3.63) is 41.7 Å². The Kier molecular flexibility index (Phi) is 5.52. The number of aromatic nitrogens is 2. The van der Waals surface area contributed by atoms with Gasteiger partial charge in [0.05, 0.1) is 26.8 Å². The summed E-state index contributed by atoms with van der Waals surface area (Å²) in [5, 5.41) is 4.35. The zero-order valence-electron chi connectivity index (χ0n) is 16.6. The Bertz CT molecular complexity index is 821. The fourth-order valence-electron chi connectivity index (χ4n) is 4.26. The molecular formula is C21H28N4O3. The van der Waals surface area contributed by atoms with E-state index in [1.165, 1.54) is 11.1 Å². The first-order valence-electron chi connectivity index (χ1n) is 9.91. The third-order valence-electron chi connectivity index (χ3n) is 5.80. The average Bonchev–Trinajstić information content (AvgIpc) is 3.27. The van der Waals surface area contributed by atoms with E-state index in [9.17, 15) is 4.79 Å². The molecule has 28 heavy (non-hydrogen) atoms. The molecule has 1 amide bonds. The summed E-state index contributed by atoms with van der Waals surface area (Å²) in [6, 6.07) is 6.33. The summed E-state index contributed by atoms with van der Waals surface area (Å²) < 4.78 is 12.8. The molecule has 0 radical (unpaired) electrons. The number of carbonyl (C=O) groups is 1. The third kappa shape index (κ3) is 3.85. The minimum absolute atomic E-state index is 0.209. The van der Waals surface area contributed by atoms with Crippen molar-refractivity contribution >= 4 is 5.91 Å². The summed E-state index contributed by atoms with van der Waals surface area (Å²) in [6.45, 7) is 3.68. The minimum Gasteiger partial charge on any atom is -0.493 e. The van der Waals surface area contributed by atoms with Crippen LogP contribution in [-0.2, 0) is 17.8 Å². The smallest absolute Gasteiger partial charge is 0.236 e. The van der Waals surface area contributed by atoms with E-state index in [1.54, 1.807) is 20.4 Å². The summed E-state index contributed by atoms with van der Waals surface area (Å²) >= 11 is 0. The van der Waals surface area contributed by atoms with Gasteiger partial charge in [-0.1, -0.05) is 0 Å². The molecule has 7 nitrogen and oxygen atoms in total. The highest BCUT2D eigenvalue weighted by molar-refractivity contribution is 5.78. The highest BCUT2D eigenvalue weighted by Crippen LogP contribution is 2.33. The van der Waals surface area contributed by atoms with Crippen LogP contribution in [0.15, 0.2) is 30.6 Å². The van der Waals surface area contributed by atoms with E-state index >= 15 is 0 Å². The van der Waals surface area contributed by atoms with Gasteiger partial charge in [0.2, 0.25) is 5.91 Å². The summed E-state index contributed by atoms with van der Waals surface area (Å²) in [5.41, 5.74) is 2.49. The number of piperidine rings is 1. The lowest BCUT2D eigenvalue weighted by Gasteiger charge is -2.35. The SMILES string of the molecule is COc1cc2c(cc1OC)CN(CC(=O)N1CCCC(n3cccn3)C1)CC2. The van der Waals surface area contributed by atoms with Crippen molar-refractivity contribution in [1.29, 1.82) is 0 Å². The second-order valence-electron chi connectivity index (χ2n) is 7.56. The maximum Gasteiger partial charge on any atom is 0.236 e.